The Morgan fingerprint density at radius 2 is 2.00 bits per heavy atom. The lowest BCUT2D eigenvalue weighted by molar-refractivity contribution is -0.137. The van der Waals surface area contributed by atoms with Crippen LogP contribution in [0, 0.1) is 0 Å². The molecule has 0 radical (unpaired) electrons. The third-order valence-corrected chi connectivity index (χ3v) is 2.75. The zero-order valence-electron chi connectivity index (χ0n) is 9.99. The van der Waals surface area contributed by atoms with Crippen molar-refractivity contribution >= 4 is 11.0 Å². The average Bonchev–Trinajstić information content (AvgIpc) is 2.64. The number of alkyl halides is 3. The van der Waals surface area contributed by atoms with E-state index in [0.29, 0.717) is 11.3 Å². The summed E-state index contributed by atoms with van der Waals surface area (Å²) in [6, 6.07) is 3.45. The number of rotatable bonds is 2. The molecule has 0 aliphatic heterocycles. The molecule has 0 fully saturated rings. The van der Waals surface area contributed by atoms with Crippen molar-refractivity contribution in [3.63, 3.8) is 0 Å². The van der Waals surface area contributed by atoms with Crippen LogP contribution in [-0.4, -0.2) is 14.7 Å². The Kier molecular flexibility index (Phi) is 3.06. The summed E-state index contributed by atoms with van der Waals surface area (Å²) in [6.07, 6.45) is -4.38. The van der Waals surface area contributed by atoms with Crippen molar-refractivity contribution in [1.29, 1.82) is 0 Å². The van der Waals surface area contributed by atoms with Gasteiger partial charge in [-0.2, -0.15) is 13.2 Å². The van der Waals surface area contributed by atoms with Crippen LogP contribution in [0.15, 0.2) is 18.2 Å². The van der Waals surface area contributed by atoms with E-state index in [2.05, 4.69) is 4.98 Å². The number of benzene rings is 1. The van der Waals surface area contributed by atoms with Gasteiger partial charge in [-0.3, -0.25) is 0 Å². The zero-order valence-corrected chi connectivity index (χ0v) is 9.99. The summed E-state index contributed by atoms with van der Waals surface area (Å²) in [5.74, 6) is 0.374. The quantitative estimate of drug-likeness (QED) is 0.898. The first-order chi connectivity index (χ1) is 8.34. The van der Waals surface area contributed by atoms with Crippen LogP contribution in [0.2, 0.25) is 0 Å². The van der Waals surface area contributed by atoms with E-state index in [1.165, 1.54) is 6.07 Å². The molecule has 0 aliphatic rings. The third-order valence-electron chi connectivity index (χ3n) is 2.75. The molecule has 98 valence electrons. The molecule has 1 N–H and O–H groups in total. The highest BCUT2D eigenvalue weighted by Gasteiger charge is 2.31. The number of fused-ring (bicyclic) bond motifs is 1. The predicted octanol–water partition coefficient (Wildman–Crippen LogP) is 3.13. The molecule has 0 saturated carbocycles. The van der Waals surface area contributed by atoms with Crippen LogP contribution in [-0.2, 0) is 12.8 Å². The summed E-state index contributed by atoms with van der Waals surface area (Å²) in [5, 5.41) is 9.19. The fourth-order valence-electron chi connectivity index (χ4n) is 2.01. The molecule has 0 spiro atoms. The predicted molar refractivity (Wildman–Crippen MR) is 61.0 cm³/mol. The summed E-state index contributed by atoms with van der Waals surface area (Å²) in [5.41, 5.74) is 0.123. The largest absolute Gasteiger partial charge is 0.416 e. The summed E-state index contributed by atoms with van der Waals surface area (Å²) in [4.78, 5) is 4.04. The van der Waals surface area contributed by atoms with Crippen LogP contribution < -0.4 is 0 Å². The number of aromatic nitrogens is 2. The topological polar surface area (TPSA) is 38.0 Å². The van der Waals surface area contributed by atoms with Crippen molar-refractivity contribution in [3.05, 3.63) is 29.6 Å². The molecule has 0 aliphatic carbocycles. The van der Waals surface area contributed by atoms with Gasteiger partial charge >= 0.3 is 6.18 Å². The van der Waals surface area contributed by atoms with Gasteiger partial charge in [0.2, 0.25) is 0 Å². The maximum atomic E-state index is 12.6. The van der Waals surface area contributed by atoms with Gasteiger partial charge in [0.15, 0.2) is 0 Å². The highest BCUT2D eigenvalue weighted by atomic mass is 19.4. The van der Waals surface area contributed by atoms with Crippen molar-refractivity contribution in [2.45, 2.75) is 32.7 Å². The first-order valence-electron chi connectivity index (χ1n) is 5.53. The molecular weight excluding hydrogens is 245 g/mol. The number of halogens is 3. The Morgan fingerprint density at radius 1 is 1.33 bits per heavy atom. The van der Waals surface area contributed by atoms with Gasteiger partial charge in [-0.15, -0.1) is 0 Å². The first-order valence-corrected chi connectivity index (χ1v) is 5.53. The molecule has 2 rings (SSSR count). The summed E-state index contributed by atoms with van der Waals surface area (Å²) in [7, 11) is 0. The van der Waals surface area contributed by atoms with Gasteiger partial charge in [-0.1, -0.05) is 0 Å². The SMILES string of the molecule is CC(C)n1c(CO)nc2cc(C(F)(F)F)ccc21. The smallest absolute Gasteiger partial charge is 0.388 e. The molecule has 0 amide bonds. The number of imidazole rings is 1. The number of hydrogen-bond acceptors (Lipinski definition) is 2. The van der Waals surface area contributed by atoms with Gasteiger partial charge in [-0.05, 0) is 32.0 Å². The highest BCUT2D eigenvalue weighted by Crippen LogP contribution is 2.32. The van der Waals surface area contributed by atoms with E-state index in [9.17, 15) is 18.3 Å². The van der Waals surface area contributed by atoms with Crippen LogP contribution >= 0.6 is 0 Å². The van der Waals surface area contributed by atoms with Gasteiger partial charge < -0.3 is 9.67 Å². The minimum absolute atomic E-state index is 0.0221. The number of aliphatic hydroxyl groups is 1. The Hall–Kier alpha value is -1.56. The molecule has 0 atom stereocenters. The molecule has 0 bridgehead atoms. The molecule has 0 saturated heterocycles. The van der Waals surface area contributed by atoms with Crippen LogP contribution in [0.4, 0.5) is 13.2 Å². The molecule has 6 heteroatoms. The second-order valence-corrected chi connectivity index (χ2v) is 4.35. The Balaban J connectivity index is 2.67. The van der Waals surface area contributed by atoms with E-state index >= 15 is 0 Å². The molecule has 3 nitrogen and oxygen atoms in total. The maximum absolute atomic E-state index is 12.6. The minimum atomic E-state index is -4.38. The van der Waals surface area contributed by atoms with E-state index in [-0.39, 0.29) is 18.2 Å². The summed E-state index contributed by atoms with van der Waals surface area (Å²) < 4.78 is 39.5. The first kappa shape index (κ1) is 12.9. The zero-order chi connectivity index (χ0) is 13.5. The fourth-order valence-corrected chi connectivity index (χ4v) is 2.01. The molecule has 2 aromatic rings. The van der Waals surface area contributed by atoms with Gasteiger partial charge in [0.05, 0.1) is 16.6 Å². The Bertz CT molecular complexity index is 572. The number of hydrogen-bond donors (Lipinski definition) is 1. The number of aliphatic hydroxyl groups excluding tert-OH is 1. The van der Waals surface area contributed by atoms with Crippen LogP contribution in [0.3, 0.4) is 0 Å². The fraction of sp³-hybridized carbons (Fsp3) is 0.417. The normalized spacial score (nSPS) is 12.6. The van der Waals surface area contributed by atoms with E-state index < -0.39 is 11.7 Å². The molecular formula is C12H13F3N2O. The average molecular weight is 258 g/mol. The van der Waals surface area contributed by atoms with Crippen molar-refractivity contribution in [2.24, 2.45) is 0 Å². The van der Waals surface area contributed by atoms with E-state index in [0.717, 1.165) is 12.1 Å². The lowest BCUT2D eigenvalue weighted by Crippen LogP contribution is -2.06. The second-order valence-electron chi connectivity index (χ2n) is 4.35. The maximum Gasteiger partial charge on any atom is 0.416 e. The minimum Gasteiger partial charge on any atom is -0.388 e. The van der Waals surface area contributed by atoms with Gasteiger partial charge in [0.1, 0.15) is 12.4 Å². The molecule has 1 aromatic heterocycles. The standard InChI is InChI=1S/C12H13F3N2O/c1-7(2)17-10-4-3-8(12(13,14)15)5-9(10)16-11(17)6-18/h3-5,7,18H,6H2,1-2H3. The summed E-state index contributed by atoms with van der Waals surface area (Å²) in [6.45, 7) is 3.48. The van der Waals surface area contributed by atoms with Crippen molar-refractivity contribution in [3.8, 4) is 0 Å². The highest BCUT2D eigenvalue weighted by molar-refractivity contribution is 5.77. The van der Waals surface area contributed by atoms with E-state index in [1.807, 2.05) is 13.8 Å². The van der Waals surface area contributed by atoms with E-state index in [4.69, 9.17) is 0 Å². The monoisotopic (exact) mass is 258 g/mol. The lowest BCUT2D eigenvalue weighted by atomic mass is 10.2. The van der Waals surface area contributed by atoms with Crippen LogP contribution in [0.1, 0.15) is 31.3 Å². The van der Waals surface area contributed by atoms with Gasteiger partial charge in [-0.25, -0.2) is 4.98 Å². The molecule has 1 aromatic carbocycles. The second kappa shape index (κ2) is 4.28. The molecule has 0 unspecified atom stereocenters. The van der Waals surface area contributed by atoms with Crippen molar-refractivity contribution < 1.29 is 18.3 Å². The summed E-state index contributed by atoms with van der Waals surface area (Å²) >= 11 is 0. The van der Waals surface area contributed by atoms with Gasteiger partial charge in [0.25, 0.3) is 0 Å². The third kappa shape index (κ3) is 2.08. The Morgan fingerprint density at radius 3 is 2.50 bits per heavy atom. The molecule has 18 heavy (non-hydrogen) atoms. The van der Waals surface area contributed by atoms with E-state index in [1.54, 1.807) is 4.57 Å². The van der Waals surface area contributed by atoms with Gasteiger partial charge in [0, 0.05) is 6.04 Å². The van der Waals surface area contributed by atoms with Crippen molar-refractivity contribution in [1.82, 2.24) is 9.55 Å². The van der Waals surface area contributed by atoms with Crippen LogP contribution in [0.25, 0.3) is 11.0 Å². The molecule has 1 heterocycles. The Labute approximate surface area is 102 Å². The van der Waals surface area contributed by atoms with Crippen molar-refractivity contribution in [2.75, 3.05) is 0 Å². The van der Waals surface area contributed by atoms with Crippen LogP contribution in [0.5, 0.6) is 0 Å². The lowest BCUT2D eigenvalue weighted by Gasteiger charge is -2.12. The number of nitrogens with zero attached hydrogens (tertiary/aromatic N) is 2.